The van der Waals surface area contributed by atoms with Crippen LogP contribution in [0.4, 0.5) is 0 Å². The zero-order valence-electron chi connectivity index (χ0n) is 14.1. The first kappa shape index (κ1) is 18.2. The van der Waals surface area contributed by atoms with E-state index in [2.05, 4.69) is 5.32 Å². The van der Waals surface area contributed by atoms with E-state index in [9.17, 15) is 14.9 Å². The molecule has 1 N–H and O–H groups in total. The summed E-state index contributed by atoms with van der Waals surface area (Å²) in [6.45, 7) is 2.81. The molecule has 0 saturated carbocycles. The predicted octanol–water partition coefficient (Wildman–Crippen LogP) is 1.90. The molecule has 0 bridgehead atoms. The number of ether oxygens (including phenoxy) is 2. The van der Waals surface area contributed by atoms with E-state index in [1.807, 2.05) is 6.07 Å². The maximum Gasteiger partial charge on any atom is 0.338 e. The van der Waals surface area contributed by atoms with E-state index in [1.54, 1.807) is 55.3 Å². The summed E-state index contributed by atoms with van der Waals surface area (Å²) >= 11 is 0. The van der Waals surface area contributed by atoms with Crippen molar-refractivity contribution >= 4 is 11.9 Å². The number of hydrogen-bond donors (Lipinski definition) is 1. The van der Waals surface area contributed by atoms with Crippen molar-refractivity contribution in [2.24, 2.45) is 0 Å². The molecule has 0 unspecified atom stereocenters. The number of carbonyl (C=O) groups excluding carboxylic acids is 2. The Hall–Kier alpha value is -3.11. The van der Waals surface area contributed by atoms with Gasteiger partial charge in [-0.15, -0.1) is 0 Å². The number of methoxy groups -OCH3 is 1. The van der Waals surface area contributed by atoms with Crippen LogP contribution in [0, 0.1) is 11.3 Å². The van der Waals surface area contributed by atoms with Crippen molar-refractivity contribution in [3.8, 4) is 11.8 Å². The quantitative estimate of drug-likeness (QED) is 0.613. The lowest BCUT2D eigenvalue weighted by Gasteiger charge is -2.05. The first-order chi connectivity index (χ1) is 12.1. The number of hydrogen-bond acceptors (Lipinski definition) is 5. The average Bonchev–Trinajstić information content (AvgIpc) is 3.06. The highest BCUT2D eigenvalue weighted by Crippen LogP contribution is 2.16. The lowest BCUT2D eigenvalue weighted by Crippen LogP contribution is -2.27. The number of rotatable bonds is 7. The molecule has 0 saturated heterocycles. The Labute approximate surface area is 145 Å². The minimum Gasteiger partial charge on any atom is -0.462 e. The van der Waals surface area contributed by atoms with E-state index in [0.717, 1.165) is 5.69 Å². The van der Waals surface area contributed by atoms with Gasteiger partial charge in [-0.05, 0) is 31.2 Å². The van der Waals surface area contributed by atoms with Crippen molar-refractivity contribution in [1.29, 1.82) is 5.26 Å². The monoisotopic (exact) mass is 341 g/mol. The molecule has 0 spiro atoms. The highest BCUT2D eigenvalue weighted by molar-refractivity contribution is 5.96. The standard InChI is InChI=1S/C18H19N3O4/c1-3-25-18(23)13-4-6-15(7-5-13)21-11-14(10-19)16(12-21)17(22)20-8-9-24-2/h4-7,11-12H,3,8-9H2,1-2H3,(H,20,22). The molecular weight excluding hydrogens is 322 g/mol. The van der Waals surface area contributed by atoms with Gasteiger partial charge in [0.2, 0.25) is 0 Å². The lowest BCUT2D eigenvalue weighted by molar-refractivity contribution is 0.0526. The number of amides is 1. The van der Waals surface area contributed by atoms with E-state index < -0.39 is 5.97 Å². The van der Waals surface area contributed by atoms with E-state index >= 15 is 0 Å². The van der Waals surface area contributed by atoms with Crippen LogP contribution in [-0.2, 0) is 9.47 Å². The van der Waals surface area contributed by atoms with Crippen LogP contribution in [0.2, 0.25) is 0 Å². The van der Waals surface area contributed by atoms with E-state index in [0.29, 0.717) is 25.3 Å². The van der Waals surface area contributed by atoms with Crippen molar-refractivity contribution in [1.82, 2.24) is 9.88 Å². The van der Waals surface area contributed by atoms with Gasteiger partial charge in [-0.1, -0.05) is 0 Å². The molecule has 1 aromatic carbocycles. The first-order valence-corrected chi connectivity index (χ1v) is 7.77. The summed E-state index contributed by atoms with van der Waals surface area (Å²) in [6.07, 6.45) is 3.16. The second-order valence-electron chi connectivity index (χ2n) is 5.12. The van der Waals surface area contributed by atoms with E-state index in [-0.39, 0.29) is 17.0 Å². The molecule has 7 heteroatoms. The van der Waals surface area contributed by atoms with Gasteiger partial charge in [0, 0.05) is 31.7 Å². The molecule has 1 amide bonds. The van der Waals surface area contributed by atoms with Gasteiger partial charge in [-0.2, -0.15) is 5.26 Å². The number of aromatic nitrogens is 1. The first-order valence-electron chi connectivity index (χ1n) is 7.77. The van der Waals surface area contributed by atoms with Crippen LogP contribution in [0.5, 0.6) is 0 Å². The number of nitrogens with one attached hydrogen (secondary N) is 1. The SMILES string of the molecule is CCOC(=O)c1ccc(-n2cc(C#N)c(C(=O)NCCOC)c2)cc1. The van der Waals surface area contributed by atoms with Gasteiger partial charge in [-0.3, -0.25) is 4.79 Å². The van der Waals surface area contributed by atoms with Crippen molar-refractivity contribution in [2.45, 2.75) is 6.92 Å². The second kappa shape index (κ2) is 8.66. The van der Waals surface area contributed by atoms with Gasteiger partial charge in [0.1, 0.15) is 6.07 Å². The summed E-state index contributed by atoms with van der Waals surface area (Å²) in [5.74, 6) is -0.729. The molecule has 0 aliphatic rings. The molecule has 2 rings (SSSR count). The Balaban J connectivity index is 2.21. The van der Waals surface area contributed by atoms with Crippen molar-refractivity contribution in [3.05, 3.63) is 53.3 Å². The van der Waals surface area contributed by atoms with Gasteiger partial charge in [0.15, 0.2) is 0 Å². The van der Waals surface area contributed by atoms with Crippen molar-refractivity contribution in [2.75, 3.05) is 26.9 Å². The molecule has 0 aliphatic heterocycles. The largest absolute Gasteiger partial charge is 0.462 e. The molecule has 1 aromatic heterocycles. The van der Waals surface area contributed by atoms with Crippen LogP contribution in [-0.4, -0.2) is 43.3 Å². The summed E-state index contributed by atoms with van der Waals surface area (Å²) in [7, 11) is 1.54. The summed E-state index contributed by atoms with van der Waals surface area (Å²) in [6, 6.07) is 8.73. The number of nitrogens with zero attached hydrogens (tertiary/aromatic N) is 2. The van der Waals surface area contributed by atoms with Crippen LogP contribution in [0.3, 0.4) is 0 Å². The van der Waals surface area contributed by atoms with Crippen LogP contribution in [0.25, 0.3) is 5.69 Å². The van der Waals surface area contributed by atoms with Gasteiger partial charge in [0.25, 0.3) is 5.91 Å². The summed E-state index contributed by atoms with van der Waals surface area (Å²) in [5, 5.41) is 11.9. The number of benzene rings is 1. The normalized spacial score (nSPS) is 10.1. The van der Waals surface area contributed by atoms with Crippen molar-refractivity contribution < 1.29 is 19.1 Å². The average molecular weight is 341 g/mol. The Bertz CT molecular complexity index is 788. The molecule has 0 fully saturated rings. The molecule has 0 radical (unpaired) electrons. The summed E-state index contributed by atoms with van der Waals surface area (Å²) < 4.78 is 11.5. The summed E-state index contributed by atoms with van der Waals surface area (Å²) in [4.78, 5) is 23.8. The van der Waals surface area contributed by atoms with E-state index in [4.69, 9.17) is 9.47 Å². The molecule has 0 atom stereocenters. The van der Waals surface area contributed by atoms with Crippen LogP contribution < -0.4 is 5.32 Å². The topological polar surface area (TPSA) is 93.4 Å². The third kappa shape index (κ3) is 4.46. The van der Waals surface area contributed by atoms with Crippen LogP contribution >= 0.6 is 0 Å². The minimum absolute atomic E-state index is 0.268. The zero-order chi connectivity index (χ0) is 18.2. The van der Waals surface area contributed by atoms with Gasteiger partial charge in [0.05, 0.1) is 29.9 Å². The molecule has 130 valence electrons. The lowest BCUT2D eigenvalue weighted by atomic mass is 10.2. The number of nitriles is 1. The fourth-order valence-electron chi connectivity index (χ4n) is 2.22. The number of carbonyl (C=O) groups is 2. The molecule has 7 nitrogen and oxygen atoms in total. The van der Waals surface area contributed by atoms with Gasteiger partial charge >= 0.3 is 5.97 Å². The Morgan fingerprint density at radius 1 is 1.24 bits per heavy atom. The maximum atomic E-state index is 12.2. The van der Waals surface area contributed by atoms with Crippen molar-refractivity contribution in [3.63, 3.8) is 0 Å². The van der Waals surface area contributed by atoms with E-state index in [1.165, 1.54) is 0 Å². The van der Waals surface area contributed by atoms with Crippen LogP contribution in [0.15, 0.2) is 36.7 Å². The van der Waals surface area contributed by atoms with Gasteiger partial charge < -0.3 is 19.4 Å². The van der Waals surface area contributed by atoms with Gasteiger partial charge in [-0.25, -0.2) is 4.79 Å². The minimum atomic E-state index is -0.391. The smallest absolute Gasteiger partial charge is 0.338 e. The summed E-state index contributed by atoms with van der Waals surface area (Å²) in [5.41, 5.74) is 1.72. The fourth-order valence-corrected chi connectivity index (χ4v) is 2.22. The second-order valence-corrected chi connectivity index (χ2v) is 5.12. The maximum absolute atomic E-state index is 12.2. The molecule has 0 aliphatic carbocycles. The fraction of sp³-hybridized carbons (Fsp3) is 0.278. The Morgan fingerprint density at radius 2 is 1.96 bits per heavy atom. The highest BCUT2D eigenvalue weighted by atomic mass is 16.5. The Morgan fingerprint density at radius 3 is 2.56 bits per heavy atom. The zero-order valence-corrected chi connectivity index (χ0v) is 14.1. The number of esters is 1. The highest BCUT2D eigenvalue weighted by Gasteiger charge is 2.15. The third-order valence-electron chi connectivity index (χ3n) is 3.46. The molecule has 25 heavy (non-hydrogen) atoms. The van der Waals surface area contributed by atoms with Crippen LogP contribution in [0.1, 0.15) is 33.2 Å². The molecular formula is C18H19N3O4. The predicted molar refractivity (Wildman–Crippen MR) is 90.6 cm³/mol. The molecule has 2 aromatic rings. The molecule has 1 heterocycles. The third-order valence-corrected chi connectivity index (χ3v) is 3.46. The Kier molecular flexibility index (Phi) is 6.32.